The molecular weight excluding hydrogens is 438 g/mol. The number of H-pyrrole nitrogens is 1. The molecule has 0 bridgehead atoms. The summed E-state index contributed by atoms with van der Waals surface area (Å²) in [6.07, 6.45) is 4.12. The number of fused-ring (bicyclic) bond motifs is 1. The van der Waals surface area contributed by atoms with Gasteiger partial charge in [-0.1, -0.05) is 69.5 Å². The maximum atomic E-state index is 13.5. The fourth-order valence-corrected chi connectivity index (χ4v) is 4.62. The number of rotatable bonds is 11. The number of aryl methyl sites for hydroxylation is 1. The van der Waals surface area contributed by atoms with Crippen molar-refractivity contribution in [2.24, 2.45) is 5.92 Å². The fourth-order valence-electron chi connectivity index (χ4n) is 4.62. The zero-order chi connectivity index (χ0) is 24.9. The first-order chi connectivity index (χ1) is 16.9. The Kier molecular flexibility index (Phi) is 7.79. The largest absolute Gasteiger partial charge is 0.493 e. The number of hydrogen-bond donors (Lipinski definition) is 1. The van der Waals surface area contributed by atoms with Crippen LogP contribution in [0.25, 0.3) is 11.3 Å². The molecule has 0 spiro atoms. The van der Waals surface area contributed by atoms with Crippen LogP contribution >= 0.6 is 0 Å². The predicted molar refractivity (Wildman–Crippen MR) is 139 cm³/mol. The normalized spacial score (nSPS) is 15.1. The molecule has 2 heterocycles. The molecule has 3 aromatic rings. The average molecular weight is 476 g/mol. The lowest BCUT2D eigenvalue weighted by Crippen LogP contribution is -2.30. The van der Waals surface area contributed by atoms with Gasteiger partial charge in [-0.2, -0.15) is 5.10 Å². The van der Waals surface area contributed by atoms with Crippen LogP contribution in [-0.4, -0.2) is 41.3 Å². The molecule has 1 aliphatic rings. The fraction of sp³-hybridized carbons (Fsp3) is 0.448. The van der Waals surface area contributed by atoms with Crippen LogP contribution in [0.3, 0.4) is 0 Å². The van der Waals surface area contributed by atoms with Crippen molar-refractivity contribution in [3.8, 4) is 22.8 Å². The van der Waals surface area contributed by atoms with Crippen molar-refractivity contribution in [2.75, 3.05) is 20.3 Å². The molecular formula is C29H37N3O3. The quantitative estimate of drug-likeness (QED) is 0.319. The molecule has 0 saturated heterocycles. The van der Waals surface area contributed by atoms with Gasteiger partial charge in [0.25, 0.3) is 5.91 Å². The Morgan fingerprint density at radius 2 is 1.86 bits per heavy atom. The Bertz CT molecular complexity index is 1150. The molecule has 1 atom stereocenters. The standard InChI is InChI=1S/C29H37N3O3/c1-6-7-8-16-32-28(22-13-14-23(24(18-22)34-5)35-17-15-19(2)3)25-26(30-31-27(25)29(32)33)21-11-9-20(4)10-12-21/h9-14,18-19,28H,6-8,15-17H2,1-5H3,(H,30,31). The minimum absolute atomic E-state index is 0.00296. The van der Waals surface area contributed by atoms with Crippen molar-refractivity contribution < 1.29 is 14.3 Å². The number of nitrogens with one attached hydrogen (secondary N) is 1. The first-order valence-corrected chi connectivity index (χ1v) is 12.7. The molecule has 1 aromatic heterocycles. The van der Waals surface area contributed by atoms with Crippen LogP contribution in [0.2, 0.25) is 0 Å². The van der Waals surface area contributed by atoms with Gasteiger partial charge >= 0.3 is 0 Å². The third-order valence-corrected chi connectivity index (χ3v) is 6.65. The second-order valence-electron chi connectivity index (χ2n) is 9.78. The SMILES string of the molecule is CCCCCN1C(=O)c2[nH]nc(-c3ccc(C)cc3)c2C1c1ccc(OCCC(C)C)c(OC)c1. The summed E-state index contributed by atoms with van der Waals surface area (Å²) in [5, 5.41) is 7.63. The van der Waals surface area contributed by atoms with Gasteiger partial charge < -0.3 is 14.4 Å². The van der Waals surface area contributed by atoms with E-state index in [1.165, 1.54) is 5.56 Å². The summed E-state index contributed by atoms with van der Waals surface area (Å²) in [4.78, 5) is 15.5. The minimum Gasteiger partial charge on any atom is -0.493 e. The molecule has 4 rings (SSSR count). The van der Waals surface area contributed by atoms with E-state index in [2.05, 4.69) is 68.2 Å². The van der Waals surface area contributed by atoms with Crippen LogP contribution in [0.1, 0.15) is 79.7 Å². The topological polar surface area (TPSA) is 67.5 Å². The number of methoxy groups -OCH3 is 1. The Morgan fingerprint density at radius 3 is 2.54 bits per heavy atom. The van der Waals surface area contributed by atoms with E-state index < -0.39 is 0 Å². The highest BCUT2D eigenvalue weighted by Gasteiger charge is 2.42. The van der Waals surface area contributed by atoms with E-state index in [0.717, 1.165) is 53.8 Å². The molecule has 6 nitrogen and oxygen atoms in total. The highest BCUT2D eigenvalue weighted by atomic mass is 16.5. The van der Waals surface area contributed by atoms with Gasteiger partial charge in [-0.05, 0) is 43.4 Å². The number of nitrogens with zero attached hydrogens (tertiary/aromatic N) is 2. The van der Waals surface area contributed by atoms with Crippen LogP contribution < -0.4 is 9.47 Å². The molecule has 6 heteroatoms. The number of ether oxygens (including phenoxy) is 2. The van der Waals surface area contributed by atoms with Crippen molar-refractivity contribution in [2.45, 2.75) is 59.4 Å². The summed E-state index contributed by atoms with van der Waals surface area (Å²) >= 11 is 0. The number of carbonyl (C=O) groups is 1. The lowest BCUT2D eigenvalue weighted by Gasteiger charge is -2.27. The maximum absolute atomic E-state index is 13.5. The van der Waals surface area contributed by atoms with Gasteiger partial charge in [-0.15, -0.1) is 0 Å². The van der Waals surface area contributed by atoms with E-state index in [9.17, 15) is 4.79 Å². The summed E-state index contributed by atoms with van der Waals surface area (Å²) in [5.41, 5.74) is 5.53. The van der Waals surface area contributed by atoms with Crippen LogP contribution in [0.4, 0.5) is 0 Å². The van der Waals surface area contributed by atoms with E-state index in [4.69, 9.17) is 9.47 Å². The predicted octanol–water partition coefficient (Wildman–Crippen LogP) is 6.55. The molecule has 35 heavy (non-hydrogen) atoms. The Labute approximate surface area is 208 Å². The van der Waals surface area contributed by atoms with E-state index >= 15 is 0 Å². The van der Waals surface area contributed by atoms with Crippen molar-refractivity contribution >= 4 is 5.91 Å². The summed E-state index contributed by atoms with van der Waals surface area (Å²) in [5.74, 6) is 1.98. The lowest BCUT2D eigenvalue weighted by atomic mass is 9.95. The molecule has 1 amide bonds. The number of aromatic nitrogens is 2. The summed E-state index contributed by atoms with van der Waals surface area (Å²) in [6, 6.07) is 14.1. The Balaban J connectivity index is 1.74. The summed E-state index contributed by atoms with van der Waals surface area (Å²) < 4.78 is 11.7. The number of carbonyl (C=O) groups excluding carboxylic acids is 1. The molecule has 0 saturated carbocycles. The first kappa shape index (κ1) is 24.8. The third kappa shape index (κ3) is 5.21. The monoisotopic (exact) mass is 475 g/mol. The van der Waals surface area contributed by atoms with Gasteiger partial charge in [0.05, 0.1) is 25.5 Å². The number of amides is 1. The molecule has 1 aliphatic heterocycles. The molecule has 0 aliphatic carbocycles. The van der Waals surface area contributed by atoms with E-state index in [-0.39, 0.29) is 11.9 Å². The molecule has 1 N–H and O–H groups in total. The van der Waals surface area contributed by atoms with Crippen LogP contribution in [0.15, 0.2) is 42.5 Å². The number of benzene rings is 2. The van der Waals surface area contributed by atoms with E-state index in [0.29, 0.717) is 30.5 Å². The molecule has 2 aromatic carbocycles. The van der Waals surface area contributed by atoms with Gasteiger partial charge in [0.1, 0.15) is 5.69 Å². The number of unbranched alkanes of at least 4 members (excludes halogenated alkanes) is 2. The summed E-state index contributed by atoms with van der Waals surface area (Å²) in [7, 11) is 1.66. The smallest absolute Gasteiger partial charge is 0.273 e. The van der Waals surface area contributed by atoms with Crippen molar-refractivity contribution in [3.05, 3.63) is 64.8 Å². The van der Waals surface area contributed by atoms with Crippen LogP contribution in [0.5, 0.6) is 11.5 Å². The van der Waals surface area contributed by atoms with Gasteiger partial charge in [-0.3, -0.25) is 9.89 Å². The van der Waals surface area contributed by atoms with Gasteiger partial charge in [-0.25, -0.2) is 0 Å². The van der Waals surface area contributed by atoms with Crippen molar-refractivity contribution in [3.63, 3.8) is 0 Å². The first-order valence-electron chi connectivity index (χ1n) is 12.7. The maximum Gasteiger partial charge on any atom is 0.273 e. The second kappa shape index (κ2) is 11.0. The Hall–Kier alpha value is -3.28. The average Bonchev–Trinajstić information content (AvgIpc) is 3.39. The number of aromatic amines is 1. The highest BCUT2D eigenvalue weighted by molar-refractivity contribution is 6.00. The summed E-state index contributed by atoms with van der Waals surface area (Å²) in [6.45, 7) is 9.94. The minimum atomic E-state index is -0.233. The molecule has 186 valence electrons. The number of hydrogen-bond acceptors (Lipinski definition) is 4. The molecule has 0 fully saturated rings. The highest BCUT2D eigenvalue weighted by Crippen LogP contribution is 2.44. The second-order valence-corrected chi connectivity index (χ2v) is 9.78. The van der Waals surface area contributed by atoms with Crippen molar-refractivity contribution in [1.29, 1.82) is 0 Å². The zero-order valence-corrected chi connectivity index (χ0v) is 21.6. The Morgan fingerprint density at radius 1 is 1.09 bits per heavy atom. The molecule has 0 radical (unpaired) electrons. The van der Waals surface area contributed by atoms with E-state index in [1.54, 1.807) is 7.11 Å². The van der Waals surface area contributed by atoms with E-state index in [1.807, 2.05) is 17.0 Å². The van der Waals surface area contributed by atoms with Crippen LogP contribution in [-0.2, 0) is 0 Å². The zero-order valence-electron chi connectivity index (χ0n) is 21.6. The van der Waals surface area contributed by atoms with Crippen molar-refractivity contribution in [1.82, 2.24) is 15.1 Å². The van der Waals surface area contributed by atoms with Crippen LogP contribution in [0, 0.1) is 12.8 Å². The third-order valence-electron chi connectivity index (χ3n) is 6.65. The van der Waals surface area contributed by atoms with Gasteiger partial charge in [0.2, 0.25) is 0 Å². The van der Waals surface area contributed by atoms with Gasteiger partial charge in [0.15, 0.2) is 11.5 Å². The molecule has 1 unspecified atom stereocenters. The lowest BCUT2D eigenvalue weighted by molar-refractivity contribution is 0.0740. The van der Waals surface area contributed by atoms with Gasteiger partial charge in [0, 0.05) is 17.7 Å².